The van der Waals surface area contributed by atoms with Gasteiger partial charge in [-0.1, -0.05) is 0 Å². The molecule has 0 fully saturated rings. The Bertz CT molecular complexity index is 390. The van der Waals surface area contributed by atoms with Crippen LogP contribution in [0.3, 0.4) is 0 Å². The third kappa shape index (κ3) is 3.27. The van der Waals surface area contributed by atoms with E-state index in [1.807, 2.05) is 0 Å². The maximum Gasteiger partial charge on any atom is 0.492 e. The van der Waals surface area contributed by atoms with E-state index in [9.17, 15) is 14.9 Å². The van der Waals surface area contributed by atoms with Gasteiger partial charge < -0.3 is 15.2 Å². The van der Waals surface area contributed by atoms with Crippen LogP contribution >= 0.6 is 15.9 Å². The highest BCUT2D eigenvalue weighted by molar-refractivity contribution is 9.10. The van der Waals surface area contributed by atoms with E-state index in [2.05, 4.69) is 26.0 Å². The van der Waals surface area contributed by atoms with Crippen LogP contribution in [-0.2, 0) is 11.3 Å². The second kappa shape index (κ2) is 4.82. The van der Waals surface area contributed by atoms with Crippen molar-refractivity contribution < 1.29 is 14.8 Å². The summed E-state index contributed by atoms with van der Waals surface area (Å²) < 4.78 is 1.47. The van der Waals surface area contributed by atoms with Crippen molar-refractivity contribution in [1.29, 1.82) is 0 Å². The lowest BCUT2D eigenvalue weighted by atomic mass is 10.3. The summed E-state index contributed by atoms with van der Waals surface area (Å²) in [6.45, 7) is 0.272. The summed E-state index contributed by atoms with van der Waals surface area (Å²) in [4.78, 5) is 23.3. The first-order valence-electron chi connectivity index (χ1n) is 3.97. The number of nitro groups is 1. The fourth-order valence-electron chi connectivity index (χ4n) is 0.911. The van der Waals surface area contributed by atoms with Crippen LogP contribution in [0, 0.1) is 10.1 Å². The van der Waals surface area contributed by atoms with Crippen molar-refractivity contribution in [3.05, 3.63) is 14.8 Å². The summed E-state index contributed by atoms with van der Waals surface area (Å²) in [6, 6.07) is 0. The molecule has 0 bridgehead atoms. The quantitative estimate of drug-likeness (QED) is 0.630. The van der Waals surface area contributed by atoms with Gasteiger partial charge in [0.2, 0.25) is 0 Å². The third-order valence-corrected chi connectivity index (χ3v) is 2.13. The maximum atomic E-state index is 10.3. The summed E-state index contributed by atoms with van der Waals surface area (Å²) in [5.41, 5.74) is 0. The number of carbonyl (C=O) groups is 1. The largest absolute Gasteiger partial charge is 0.492 e. The molecular weight excluding hydrogens is 272 g/mol. The molecule has 0 saturated heterocycles. The van der Waals surface area contributed by atoms with Gasteiger partial charge in [0, 0.05) is 27.4 Å². The van der Waals surface area contributed by atoms with Crippen LogP contribution in [0.15, 0.2) is 4.73 Å². The molecule has 0 atom stereocenters. The second-order valence-corrected chi connectivity index (χ2v) is 3.37. The Morgan fingerprint density at radius 2 is 2.33 bits per heavy atom. The number of carboxylic acids is 1. The highest BCUT2D eigenvalue weighted by Crippen LogP contribution is 2.12. The van der Waals surface area contributed by atoms with Crippen molar-refractivity contribution in [2.24, 2.45) is 0 Å². The molecule has 0 amide bonds. The van der Waals surface area contributed by atoms with Gasteiger partial charge in [-0.05, 0) is 16.3 Å². The Morgan fingerprint density at radius 3 is 2.80 bits per heavy atom. The van der Waals surface area contributed by atoms with Crippen LogP contribution in [0.2, 0.25) is 0 Å². The molecule has 1 heterocycles. The van der Waals surface area contributed by atoms with Crippen molar-refractivity contribution in [2.45, 2.75) is 19.4 Å². The molecule has 0 unspecified atom stereocenters. The number of aryl methyl sites for hydroxylation is 1. The molecule has 82 valence electrons. The first-order valence-corrected chi connectivity index (χ1v) is 4.76. The number of hydrogen-bond donors (Lipinski definition) is 1. The van der Waals surface area contributed by atoms with E-state index in [0.29, 0.717) is 6.42 Å². The van der Waals surface area contributed by atoms with Crippen molar-refractivity contribution >= 4 is 27.8 Å². The normalized spacial score (nSPS) is 10.2. The first kappa shape index (κ1) is 11.6. The molecule has 0 aliphatic heterocycles. The maximum absolute atomic E-state index is 10.3. The predicted molar refractivity (Wildman–Crippen MR) is 51.2 cm³/mol. The van der Waals surface area contributed by atoms with Crippen LogP contribution < -0.4 is 0 Å². The number of aromatic nitrogens is 3. The van der Waals surface area contributed by atoms with E-state index in [4.69, 9.17) is 5.11 Å². The molecule has 1 aromatic heterocycles. The molecule has 8 nitrogen and oxygen atoms in total. The smallest absolute Gasteiger partial charge is 0.481 e. The van der Waals surface area contributed by atoms with Gasteiger partial charge in [-0.3, -0.25) is 4.79 Å². The Kier molecular flexibility index (Phi) is 3.72. The summed E-state index contributed by atoms with van der Waals surface area (Å²) in [7, 11) is 0. The van der Waals surface area contributed by atoms with Gasteiger partial charge in [-0.25, -0.2) is 0 Å². The number of nitrogens with zero attached hydrogens (tertiary/aromatic N) is 4. The average molecular weight is 279 g/mol. The minimum absolute atomic E-state index is 0.0138. The Hall–Kier alpha value is -1.51. The fraction of sp³-hybridized carbons (Fsp3) is 0.500. The molecule has 15 heavy (non-hydrogen) atoms. The second-order valence-electron chi connectivity index (χ2n) is 2.66. The molecule has 1 aromatic rings. The van der Waals surface area contributed by atoms with E-state index in [1.54, 1.807) is 0 Å². The zero-order valence-electron chi connectivity index (χ0n) is 7.46. The van der Waals surface area contributed by atoms with Crippen molar-refractivity contribution in [3.8, 4) is 0 Å². The van der Waals surface area contributed by atoms with Crippen LogP contribution in [-0.4, -0.2) is 30.8 Å². The third-order valence-electron chi connectivity index (χ3n) is 1.54. The monoisotopic (exact) mass is 278 g/mol. The number of halogens is 1. The molecule has 1 rings (SSSR count). The number of hydrogen-bond acceptors (Lipinski definition) is 5. The molecule has 0 aromatic carbocycles. The Labute approximate surface area is 92.2 Å². The fourth-order valence-corrected chi connectivity index (χ4v) is 1.33. The standard InChI is InChI=1S/C6H7BrN4O4/c7-5-8-6(11(14)15)9-10(5)3-1-2-4(12)13/h1-3H2,(H,12,13). The lowest BCUT2D eigenvalue weighted by Crippen LogP contribution is -2.04. The van der Waals surface area contributed by atoms with Gasteiger partial charge in [0.25, 0.3) is 4.73 Å². The van der Waals surface area contributed by atoms with Crippen LogP contribution in [0.5, 0.6) is 0 Å². The summed E-state index contributed by atoms with van der Waals surface area (Å²) in [5, 5.41) is 22.3. The summed E-state index contributed by atoms with van der Waals surface area (Å²) in [5.74, 6) is -1.42. The minimum atomic E-state index is -0.916. The molecule has 0 spiro atoms. The van der Waals surface area contributed by atoms with Gasteiger partial charge in [0.15, 0.2) is 0 Å². The van der Waals surface area contributed by atoms with Gasteiger partial charge >= 0.3 is 11.9 Å². The average Bonchev–Trinajstić information content (AvgIpc) is 2.47. The van der Waals surface area contributed by atoms with Crippen molar-refractivity contribution in [2.75, 3.05) is 0 Å². The lowest BCUT2D eigenvalue weighted by Gasteiger charge is -1.94. The van der Waals surface area contributed by atoms with Gasteiger partial charge in [-0.15, -0.1) is 0 Å². The SMILES string of the molecule is O=C(O)CCCn1nc([N+](=O)[O-])nc1Br. The molecule has 0 aliphatic carbocycles. The van der Waals surface area contributed by atoms with Crippen LogP contribution in [0.1, 0.15) is 12.8 Å². The van der Waals surface area contributed by atoms with Gasteiger partial charge in [-0.2, -0.15) is 4.68 Å². The van der Waals surface area contributed by atoms with E-state index < -0.39 is 16.8 Å². The molecule has 9 heteroatoms. The number of rotatable bonds is 5. The van der Waals surface area contributed by atoms with Crippen LogP contribution in [0.25, 0.3) is 0 Å². The highest BCUT2D eigenvalue weighted by Gasteiger charge is 2.18. The minimum Gasteiger partial charge on any atom is -0.481 e. The Morgan fingerprint density at radius 1 is 1.67 bits per heavy atom. The van der Waals surface area contributed by atoms with Crippen molar-refractivity contribution in [1.82, 2.24) is 14.8 Å². The summed E-state index contributed by atoms with van der Waals surface area (Å²) in [6.07, 6.45) is 0.328. The van der Waals surface area contributed by atoms with E-state index in [0.717, 1.165) is 0 Å². The molecule has 0 saturated carbocycles. The number of aliphatic carboxylic acids is 1. The Balaban J connectivity index is 2.61. The predicted octanol–water partition coefficient (Wildman–Crippen LogP) is 0.814. The molecule has 0 radical (unpaired) electrons. The van der Waals surface area contributed by atoms with Crippen molar-refractivity contribution in [3.63, 3.8) is 0 Å². The highest BCUT2D eigenvalue weighted by atomic mass is 79.9. The van der Waals surface area contributed by atoms with Crippen LogP contribution in [0.4, 0.5) is 5.95 Å². The first-order chi connectivity index (χ1) is 7.00. The zero-order chi connectivity index (χ0) is 11.4. The van der Waals surface area contributed by atoms with Gasteiger partial charge in [0.05, 0.1) is 6.54 Å². The molecule has 0 aliphatic rings. The zero-order valence-corrected chi connectivity index (χ0v) is 9.05. The topological polar surface area (TPSA) is 111 Å². The molecular formula is C6H7BrN4O4. The molecule has 1 N–H and O–H groups in total. The van der Waals surface area contributed by atoms with E-state index >= 15 is 0 Å². The number of carboxylic acid groups (broad SMARTS) is 1. The lowest BCUT2D eigenvalue weighted by molar-refractivity contribution is -0.394. The van der Waals surface area contributed by atoms with Gasteiger partial charge in [0.1, 0.15) is 0 Å². The van der Waals surface area contributed by atoms with E-state index in [-0.39, 0.29) is 17.7 Å². The van der Waals surface area contributed by atoms with E-state index in [1.165, 1.54) is 4.68 Å². The summed E-state index contributed by atoms with van der Waals surface area (Å²) >= 11 is 2.99.